The molecule has 6 heteroatoms. The molecule has 0 amide bonds. The van der Waals surface area contributed by atoms with E-state index in [2.05, 4.69) is 17.0 Å². The monoisotopic (exact) mass is 314 g/mol. The largest absolute Gasteiger partial charge is 0.383 e. The SMILES string of the molecule is CCC(NC)c1cccc(S(=O)(=O)NC(C)(C)COC)c1. The van der Waals surface area contributed by atoms with Gasteiger partial charge in [-0.15, -0.1) is 0 Å². The molecule has 2 N–H and O–H groups in total. The predicted octanol–water partition coefficient (Wildman–Crippen LogP) is 2.06. The third kappa shape index (κ3) is 5.07. The minimum atomic E-state index is -3.57. The lowest BCUT2D eigenvalue weighted by molar-refractivity contribution is 0.141. The molecule has 0 saturated carbocycles. The van der Waals surface area contributed by atoms with E-state index in [0.29, 0.717) is 6.61 Å². The highest BCUT2D eigenvalue weighted by molar-refractivity contribution is 7.89. The zero-order valence-corrected chi connectivity index (χ0v) is 14.3. The fraction of sp³-hybridized carbons (Fsp3) is 0.600. The van der Waals surface area contributed by atoms with Gasteiger partial charge in [0.2, 0.25) is 10.0 Å². The molecule has 0 heterocycles. The number of sulfonamides is 1. The van der Waals surface area contributed by atoms with Crippen LogP contribution < -0.4 is 10.0 Å². The van der Waals surface area contributed by atoms with Crippen LogP contribution in [-0.2, 0) is 14.8 Å². The predicted molar refractivity (Wildman–Crippen MR) is 84.8 cm³/mol. The van der Waals surface area contributed by atoms with Crippen LogP contribution in [0, 0.1) is 0 Å². The highest BCUT2D eigenvalue weighted by Gasteiger charge is 2.26. The van der Waals surface area contributed by atoms with E-state index in [1.807, 2.05) is 13.1 Å². The van der Waals surface area contributed by atoms with Crippen LogP contribution in [0.4, 0.5) is 0 Å². The van der Waals surface area contributed by atoms with E-state index < -0.39 is 15.6 Å². The van der Waals surface area contributed by atoms with Gasteiger partial charge in [0.05, 0.1) is 17.0 Å². The maximum Gasteiger partial charge on any atom is 0.241 e. The first-order chi connectivity index (χ1) is 9.75. The molecule has 5 nitrogen and oxygen atoms in total. The second-order valence-corrected chi connectivity index (χ2v) is 7.43. The second-order valence-electron chi connectivity index (χ2n) is 5.74. The second kappa shape index (κ2) is 7.35. The Hall–Kier alpha value is -0.950. The van der Waals surface area contributed by atoms with Crippen molar-refractivity contribution in [2.24, 2.45) is 0 Å². The minimum absolute atomic E-state index is 0.145. The van der Waals surface area contributed by atoms with Crippen molar-refractivity contribution in [3.8, 4) is 0 Å². The molecule has 0 bridgehead atoms. The summed E-state index contributed by atoms with van der Waals surface area (Å²) in [5, 5.41) is 3.18. The molecule has 0 aliphatic heterocycles. The molecule has 0 spiro atoms. The highest BCUT2D eigenvalue weighted by atomic mass is 32.2. The lowest BCUT2D eigenvalue weighted by Crippen LogP contribution is -2.46. The summed E-state index contributed by atoms with van der Waals surface area (Å²) in [7, 11) is -0.149. The van der Waals surface area contributed by atoms with Gasteiger partial charge in [-0.05, 0) is 45.0 Å². The zero-order chi connectivity index (χ0) is 16.1. The molecule has 0 radical (unpaired) electrons. The summed E-state index contributed by atoms with van der Waals surface area (Å²) in [5.41, 5.74) is 0.309. The number of nitrogens with one attached hydrogen (secondary N) is 2. The van der Waals surface area contributed by atoms with Crippen LogP contribution in [0.5, 0.6) is 0 Å². The van der Waals surface area contributed by atoms with Crippen molar-refractivity contribution in [1.82, 2.24) is 10.0 Å². The van der Waals surface area contributed by atoms with Gasteiger partial charge in [-0.2, -0.15) is 0 Å². The molecule has 0 fully saturated rings. The van der Waals surface area contributed by atoms with Crippen LogP contribution in [0.2, 0.25) is 0 Å². The van der Waals surface area contributed by atoms with Gasteiger partial charge in [0.25, 0.3) is 0 Å². The van der Waals surface area contributed by atoms with Gasteiger partial charge in [-0.1, -0.05) is 19.1 Å². The Labute approximate surface area is 128 Å². The molecule has 1 unspecified atom stereocenters. The molecule has 120 valence electrons. The van der Waals surface area contributed by atoms with Crippen molar-refractivity contribution in [2.75, 3.05) is 20.8 Å². The van der Waals surface area contributed by atoms with Gasteiger partial charge in [-0.25, -0.2) is 13.1 Å². The standard InChI is InChI=1S/C15H26N2O3S/c1-6-14(16-4)12-8-7-9-13(10-12)21(18,19)17-15(2,3)11-20-5/h7-10,14,16-17H,6,11H2,1-5H3. The fourth-order valence-electron chi connectivity index (χ4n) is 2.32. The smallest absolute Gasteiger partial charge is 0.241 e. The van der Waals surface area contributed by atoms with Gasteiger partial charge in [-0.3, -0.25) is 0 Å². The molecule has 1 aromatic rings. The normalized spacial score (nSPS) is 14.1. The van der Waals surface area contributed by atoms with Crippen molar-refractivity contribution in [2.45, 2.75) is 43.7 Å². The van der Waals surface area contributed by atoms with Crippen LogP contribution in [-0.4, -0.2) is 34.7 Å². The summed E-state index contributed by atoms with van der Waals surface area (Å²) in [6, 6.07) is 7.18. The highest BCUT2D eigenvalue weighted by Crippen LogP contribution is 2.21. The Balaban J connectivity index is 3.07. The third-order valence-electron chi connectivity index (χ3n) is 3.24. The van der Waals surface area contributed by atoms with Gasteiger partial charge in [0, 0.05) is 13.2 Å². The molecule has 1 atom stereocenters. The minimum Gasteiger partial charge on any atom is -0.383 e. The maximum atomic E-state index is 12.5. The van der Waals surface area contributed by atoms with Crippen molar-refractivity contribution in [3.63, 3.8) is 0 Å². The summed E-state index contributed by atoms with van der Waals surface area (Å²) in [4.78, 5) is 0.276. The molecule has 0 aromatic heterocycles. The Bertz CT molecular complexity index is 552. The van der Waals surface area contributed by atoms with Gasteiger partial charge in [0.15, 0.2) is 0 Å². The van der Waals surface area contributed by atoms with Crippen molar-refractivity contribution in [3.05, 3.63) is 29.8 Å². The Morgan fingerprint density at radius 2 is 2.00 bits per heavy atom. The van der Waals surface area contributed by atoms with E-state index in [1.54, 1.807) is 39.2 Å². The van der Waals surface area contributed by atoms with Gasteiger partial charge < -0.3 is 10.1 Å². The van der Waals surface area contributed by atoms with E-state index >= 15 is 0 Å². The maximum absolute atomic E-state index is 12.5. The molecule has 0 aliphatic rings. The molecule has 1 aromatic carbocycles. The quantitative estimate of drug-likeness (QED) is 0.771. The summed E-state index contributed by atoms with van der Waals surface area (Å²) < 4.78 is 32.7. The van der Waals surface area contributed by atoms with Crippen molar-refractivity contribution >= 4 is 10.0 Å². The number of rotatable bonds is 8. The number of benzene rings is 1. The van der Waals surface area contributed by atoms with E-state index in [4.69, 9.17) is 4.74 Å². The first-order valence-electron chi connectivity index (χ1n) is 7.06. The summed E-state index contributed by atoms with van der Waals surface area (Å²) >= 11 is 0. The third-order valence-corrected chi connectivity index (χ3v) is 4.94. The van der Waals surface area contributed by atoms with E-state index in [1.165, 1.54) is 0 Å². The topological polar surface area (TPSA) is 67.4 Å². The van der Waals surface area contributed by atoms with Crippen LogP contribution in [0.25, 0.3) is 0 Å². The van der Waals surface area contributed by atoms with E-state index in [-0.39, 0.29) is 10.9 Å². The molecule has 1 rings (SSSR count). The fourth-order valence-corrected chi connectivity index (χ4v) is 3.77. The zero-order valence-electron chi connectivity index (χ0n) is 13.4. The van der Waals surface area contributed by atoms with Gasteiger partial charge >= 0.3 is 0 Å². The molecular formula is C15H26N2O3S. The Morgan fingerprint density at radius 3 is 2.52 bits per heavy atom. The summed E-state index contributed by atoms with van der Waals surface area (Å²) in [6.07, 6.45) is 0.891. The summed E-state index contributed by atoms with van der Waals surface area (Å²) in [5.74, 6) is 0. The van der Waals surface area contributed by atoms with Crippen LogP contribution in [0.1, 0.15) is 38.8 Å². The first kappa shape index (κ1) is 18.1. The van der Waals surface area contributed by atoms with Crippen LogP contribution in [0.3, 0.4) is 0 Å². The average molecular weight is 314 g/mol. The van der Waals surface area contributed by atoms with Crippen molar-refractivity contribution in [1.29, 1.82) is 0 Å². The van der Waals surface area contributed by atoms with E-state index in [9.17, 15) is 8.42 Å². The van der Waals surface area contributed by atoms with Gasteiger partial charge in [0.1, 0.15) is 0 Å². The Kier molecular flexibility index (Phi) is 6.34. The molecule has 0 aliphatic carbocycles. The summed E-state index contributed by atoms with van der Waals surface area (Å²) in [6.45, 7) is 5.95. The number of hydrogen-bond donors (Lipinski definition) is 2. The van der Waals surface area contributed by atoms with E-state index in [0.717, 1.165) is 12.0 Å². The van der Waals surface area contributed by atoms with Crippen LogP contribution in [0.15, 0.2) is 29.2 Å². The number of ether oxygens (including phenoxy) is 1. The molecule has 21 heavy (non-hydrogen) atoms. The number of methoxy groups -OCH3 is 1. The molecular weight excluding hydrogens is 288 g/mol. The Morgan fingerprint density at radius 1 is 1.33 bits per heavy atom. The van der Waals surface area contributed by atoms with Crippen molar-refractivity contribution < 1.29 is 13.2 Å². The lowest BCUT2D eigenvalue weighted by Gasteiger charge is -2.25. The number of hydrogen-bond acceptors (Lipinski definition) is 4. The molecule has 0 saturated heterocycles. The first-order valence-corrected chi connectivity index (χ1v) is 8.54. The van der Waals surface area contributed by atoms with Crippen LogP contribution >= 0.6 is 0 Å². The lowest BCUT2D eigenvalue weighted by atomic mass is 10.1. The average Bonchev–Trinajstić information content (AvgIpc) is 2.39.